The first-order valence-corrected chi connectivity index (χ1v) is 6.59. The van der Waals surface area contributed by atoms with Gasteiger partial charge in [-0.3, -0.25) is 0 Å². The normalized spacial score (nSPS) is 27.2. The van der Waals surface area contributed by atoms with Crippen LogP contribution in [0.25, 0.3) is 0 Å². The van der Waals surface area contributed by atoms with Gasteiger partial charge in [0.25, 0.3) is 0 Å². The Labute approximate surface area is 95.9 Å². The predicted molar refractivity (Wildman–Crippen MR) is 64.1 cm³/mol. The van der Waals surface area contributed by atoms with Crippen LogP contribution in [-0.4, -0.2) is 30.1 Å². The van der Waals surface area contributed by atoms with Crippen molar-refractivity contribution in [3.63, 3.8) is 0 Å². The summed E-state index contributed by atoms with van der Waals surface area (Å²) in [5.74, 6) is 0. The summed E-state index contributed by atoms with van der Waals surface area (Å²) in [5, 5.41) is 3.53. The molecular formula is C11H22BrNO. The molecule has 1 fully saturated rings. The van der Waals surface area contributed by atoms with Gasteiger partial charge in [-0.15, -0.1) is 0 Å². The molecule has 0 amide bonds. The number of nitrogens with one attached hydrogen (secondary N) is 1. The molecule has 14 heavy (non-hydrogen) atoms. The number of hydrogen-bond acceptors (Lipinski definition) is 2. The number of alkyl halides is 1. The highest BCUT2D eigenvalue weighted by atomic mass is 79.9. The highest BCUT2D eigenvalue weighted by Gasteiger charge is 2.14. The van der Waals surface area contributed by atoms with Gasteiger partial charge < -0.3 is 10.1 Å². The van der Waals surface area contributed by atoms with Crippen LogP contribution >= 0.6 is 15.9 Å². The summed E-state index contributed by atoms with van der Waals surface area (Å²) in [6, 6.07) is 0.579. The Hall–Kier alpha value is 0.400. The molecule has 1 rings (SSSR count). The van der Waals surface area contributed by atoms with Crippen molar-refractivity contribution in [2.45, 2.75) is 56.5 Å². The predicted octanol–water partition coefficient (Wildman–Crippen LogP) is 2.71. The molecule has 1 saturated heterocycles. The summed E-state index contributed by atoms with van der Waals surface area (Å²) in [7, 11) is 0. The van der Waals surface area contributed by atoms with E-state index in [0.29, 0.717) is 17.0 Å². The van der Waals surface area contributed by atoms with Crippen molar-refractivity contribution in [1.82, 2.24) is 5.32 Å². The Bertz CT molecular complexity index is 146. The zero-order chi connectivity index (χ0) is 10.4. The molecule has 0 aliphatic carbocycles. The third-order valence-electron chi connectivity index (χ3n) is 2.65. The van der Waals surface area contributed by atoms with Crippen LogP contribution in [0, 0.1) is 0 Å². The SMILES string of the molecule is CC(Br)CC(C)NCC1CCCCO1. The molecule has 0 spiro atoms. The minimum absolute atomic E-state index is 0.455. The van der Waals surface area contributed by atoms with Crippen molar-refractivity contribution < 1.29 is 4.74 Å². The van der Waals surface area contributed by atoms with Crippen molar-refractivity contribution >= 4 is 15.9 Å². The quantitative estimate of drug-likeness (QED) is 0.771. The molecular weight excluding hydrogens is 242 g/mol. The average Bonchev–Trinajstić information content (AvgIpc) is 2.15. The minimum Gasteiger partial charge on any atom is -0.377 e. The van der Waals surface area contributed by atoms with Crippen molar-refractivity contribution in [3.05, 3.63) is 0 Å². The second-order valence-electron chi connectivity index (χ2n) is 4.31. The van der Waals surface area contributed by atoms with Gasteiger partial charge in [0.15, 0.2) is 0 Å². The van der Waals surface area contributed by atoms with Crippen molar-refractivity contribution in [3.8, 4) is 0 Å². The van der Waals surface area contributed by atoms with Crippen LogP contribution in [0.5, 0.6) is 0 Å². The van der Waals surface area contributed by atoms with E-state index in [0.717, 1.165) is 13.2 Å². The van der Waals surface area contributed by atoms with Crippen LogP contribution in [0.3, 0.4) is 0 Å². The molecule has 84 valence electrons. The summed E-state index contributed by atoms with van der Waals surface area (Å²) < 4.78 is 5.66. The Morgan fingerprint density at radius 3 is 2.79 bits per heavy atom. The molecule has 1 aliphatic heterocycles. The van der Waals surface area contributed by atoms with E-state index in [2.05, 4.69) is 35.1 Å². The number of hydrogen-bond donors (Lipinski definition) is 1. The van der Waals surface area contributed by atoms with E-state index in [1.54, 1.807) is 0 Å². The summed E-state index contributed by atoms with van der Waals surface area (Å²) in [4.78, 5) is 0.595. The van der Waals surface area contributed by atoms with Crippen LogP contribution < -0.4 is 5.32 Å². The highest BCUT2D eigenvalue weighted by Crippen LogP contribution is 2.12. The molecule has 1 N–H and O–H groups in total. The number of rotatable bonds is 5. The average molecular weight is 264 g/mol. The first kappa shape index (κ1) is 12.5. The third kappa shape index (κ3) is 5.32. The summed E-state index contributed by atoms with van der Waals surface area (Å²) in [6.07, 6.45) is 5.42. The lowest BCUT2D eigenvalue weighted by molar-refractivity contribution is 0.0155. The molecule has 1 aliphatic rings. The summed E-state index contributed by atoms with van der Waals surface area (Å²) in [5.41, 5.74) is 0. The van der Waals surface area contributed by atoms with Gasteiger partial charge in [-0.25, -0.2) is 0 Å². The van der Waals surface area contributed by atoms with Gasteiger partial charge in [-0.1, -0.05) is 22.9 Å². The highest BCUT2D eigenvalue weighted by molar-refractivity contribution is 9.09. The van der Waals surface area contributed by atoms with Gasteiger partial charge in [-0.05, 0) is 32.6 Å². The lowest BCUT2D eigenvalue weighted by Crippen LogP contribution is -2.37. The maximum Gasteiger partial charge on any atom is 0.0699 e. The van der Waals surface area contributed by atoms with Gasteiger partial charge in [0.05, 0.1) is 6.10 Å². The van der Waals surface area contributed by atoms with E-state index < -0.39 is 0 Å². The Kier molecular flexibility index (Phi) is 6.06. The van der Waals surface area contributed by atoms with Crippen LogP contribution in [0.1, 0.15) is 39.5 Å². The first-order chi connectivity index (χ1) is 6.68. The smallest absolute Gasteiger partial charge is 0.0699 e. The molecule has 3 unspecified atom stereocenters. The number of halogens is 1. The van der Waals surface area contributed by atoms with Gasteiger partial charge in [0.2, 0.25) is 0 Å². The van der Waals surface area contributed by atoms with Gasteiger partial charge in [-0.2, -0.15) is 0 Å². The molecule has 2 nitrogen and oxygen atoms in total. The van der Waals surface area contributed by atoms with Crippen LogP contribution in [0.15, 0.2) is 0 Å². The third-order valence-corrected chi connectivity index (χ3v) is 3.02. The summed E-state index contributed by atoms with van der Waals surface area (Å²) >= 11 is 3.57. The van der Waals surface area contributed by atoms with E-state index in [1.807, 2.05) is 0 Å². The second kappa shape index (κ2) is 6.81. The second-order valence-corrected chi connectivity index (χ2v) is 5.88. The van der Waals surface area contributed by atoms with Crippen molar-refractivity contribution in [1.29, 1.82) is 0 Å². The fraction of sp³-hybridized carbons (Fsp3) is 1.00. The topological polar surface area (TPSA) is 21.3 Å². The van der Waals surface area contributed by atoms with E-state index in [4.69, 9.17) is 4.74 Å². The lowest BCUT2D eigenvalue weighted by atomic mass is 10.1. The lowest BCUT2D eigenvalue weighted by Gasteiger charge is -2.25. The fourth-order valence-corrected chi connectivity index (χ4v) is 2.43. The van der Waals surface area contributed by atoms with Crippen molar-refractivity contribution in [2.24, 2.45) is 0 Å². The van der Waals surface area contributed by atoms with E-state index >= 15 is 0 Å². The molecule has 0 aromatic carbocycles. The molecule has 0 aromatic rings. The van der Waals surface area contributed by atoms with E-state index in [9.17, 15) is 0 Å². The number of ether oxygens (including phenoxy) is 1. The molecule has 3 heteroatoms. The van der Waals surface area contributed by atoms with Crippen molar-refractivity contribution in [2.75, 3.05) is 13.2 Å². The van der Waals surface area contributed by atoms with E-state index in [-0.39, 0.29) is 0 Å². The van der Waals surface area contributed by atoms with Gasteiger partial charge in [0, 0.05) is 24.0 Å². The Balaban J connectivity index is 2.06. The van der Waals surface area contributed by atoms with Gasteiger partial charge in [0.1, 0.15) is 0 Å². The molecule has 0 bridgehead atoms. The molecule has 0 saturated carbocycles. The minimum atomic E-state index is 0.455. The maximum atomic E-state index is 5.66. The molecule has 0 radical (unpaired) electrons. The maximum absolute atomic E-state index is 5.66. The Morgan fingerprint density at radius 1 is 1.43 bits per heavy atom. The van der Waals surface area contributed by atoms with E-state index in [1.165, 1.54) is 25.7 Å². The van der Waals surface area contributed by atoms with Crippen LogP contribution in [0.4, 0.5) is 0 Å². The fourth-order valence-electron chi connectivity index (χ4n) is 1.87. The first-order valence-electron chi connectivity index (χ1n) is 5.67. The molecule has 0 aromatic heterocycles. The van der Waals surface area contributed by atoms with Crippen LogP contribution in [-0.2, 0) is 4.74 Å². The largest absolute Gasteiger partial charge is 0.377 e. The summed E-state index contributed by atoms with van der Waals surface area (Å²) in [6.45, 7) is 6.40. The molecule has 1 heterocycles. The molecule has 3 atom stereocenters. The van der Waals surface area contributed by atoms with Gasteiger partial charge >= 0.3 is 0 Å². The van der Waals surface area contributed by atoms with Crippen LogP contribution in [0.2, 0.25) is 0 Å². The zero-order valence-corrected chi connectivity index (χ0v) is 10.8. The Morgan fingerprint density at radius 2 is 2.21 bits per heavy atom. The zero-order valence-electron chi connectivity index (χ0n) is 9.26. The monoisotopic (exact) mass is 263 g/mol. The standard InChI is InChI=1S/C11H22BrNO/c1-9(12)7-10(2)13-8-11-5-3-4-6-14-11/h9-11,13H,3-8H2,1-2H3.